The van der Waals surface area contributed by atoms with Crippen molar-refractivity contribution in [2.24, 2.45) is 0 Å². The molecule has 0 fully saturated rings. The maximum Gasteiger partial charge on any atom is 0.119 e. The molecule has 80 valence electrons. The molecule has 0 amide bonds. The zero-order valence-electron chi connectivity index (χ0n) is 9.08. The average Bonchev–Trinajstić information content (AvgIpc) is 2.71. The highest BCUT2D eigenvalue weighted by Gasteiger charge is 2.05. The van der Waals surface area contributed by atoms with E-state index in [0.29, 0.717) is 0 Å². The molecule has 2 rings (SSSR count). The second-order valence-electron chi connectivity index (χ2n) is 3.81. The van der Waals surface area contributed by atoms with Crippen LogP contribution in [0.1, 0.15) is 19.4 Å². The molecule has 1 aromatic rings. The first-order chi connectivity index (χ1) is 7.25. The summed E-state index contributed by atoms with van der Waals surface area (Å²) >= 11 is 0. The SMILES string of the molecule is CC(C)Oc1ccc(C2=CCNN2)cc1. The van der Waals surface area contributed by atoms with E-state index in [9.17, 15) is 0 Å². The van der Waals surface area contributed by atoms with Crippen LogP contribution in [0, 0.1) is 0 Å². The second kappa shape index (κ2) is 4.36. The van der Waals surface area contributed by atoms with Gasteiger partial charge < -0.3 is 10.2 Å². The van der Waals surface area contributed by atoms with E-state index in [-0.39, 0.29) is 6.10 Å². The summed E-state index contributed by atoms with van der Waals surface area (Å²) in [7, 11) is 0. The molecule has 15 heavy (non-hydrogen) atoms. The van der Waals surface area contributed by atoms with Crippen molar-refractivity contribution in [2.45, 2.75) is 20.0 Å². The number of benzene rings is 1. The van der Waals surface area contributed by atoms with Crippen LogP contribution in [0.5, 0.6) is 5.75 Å². The quantitative estimate of drug-likeness (QED) is 0.789. The molecule has 0 aliphatic carbocycles. The summed E-state index contributed by atoms with van der Waals surface area (Å²) in [5.41, 5.74) is 8.45. The van der Waals surface area contributed by atoms with Gasteiger partial charge in [-0.1, -0.05) is 0 Å². The molecule has 2 N–H and O–H groups in total. The van der Waals surface area contributed by atoms with Gasteiger partial charge in [0, 0.05) is 6.54 Å². The minimum absolute atomic E-state index is 0.223. The molecule has 1 aromatic carbocycles. The Hall–Kier alpha value is -1.48. The Morgan fingerprint density at radius 1 is 1.20 bits per heavy atom. The summed E-state index contributed by atoms with van der Waals surface area (Å²) in [6.07, 6.45) is 2.35. The van der Waals surface area contributed by atoms with E-state index in [2.05, 4.69) is 29.1 Å². The molecule has 0 spiro atoms. The highest BCUT2D eigenvalue weighted by atomic mass is 16.5. The van der Waals surface area contributed by atoms with Crippen molar-refractivity contribution in [1.29, 1.82) is 0 Å². The van der Waals surface area contributed by atoms with Gasteiger partial charge in [0.05, 0.1) is 11.8 Å². The van der Waals surface area contributed by atoms with Crippen LogP contribution in [0.3, 0.4) is 0 Å². The van der Waals surface area contributed by atoms with Crippen LogP contribution in [0.2, 0.25) is 0 Å². The van der Waals surface area contributed by atoms with Crippen molar-refractivity contribution >= 4 is 5.70 Å². The number of hydrazine groups is 1. The van der Waals surface area contributed by atoms with Crippen LogP contribution < -0.4 is 15.6 Å². The van der Waals surface area contributed by atoms with Crippen LogP contribution in [-0.2, 0) is 0 Å². The van der Waals surface area contributed by atoms with E-state index in [4.69, 9.17) is 4.74 Å². The number of rotatable bonds is 3. The minimum Gasteiger partial charge on any atom is -0.491 e. The van der Waals surface area contributed by atoms with Gasteiger partial charge in [0.15, 0.2) is 0 Å². The Kier molecular flexibility index (Phi) is 2.92. The first kappa shape index (κ1) is 10.1. The van der Waals surface area contributed by atoms with E-state index >= 15 is 0 Å². The average molecular weight is 204 g/mol. The molecule has 1 aliphatic heterocycles. The molecule has 0 atom stereocenters. The molecule has 0 radical (unpaired) electrons. The Labute approximate surface area is 90.1 Å². The van der Waals surface area contributed by atoms with Gasteiger partial charge in [-0.05, 0) is 49.8 Å². The lowest BCUT2D eigenvalue weighted by molar-refractivity contribution is 0.242. The first-order valence-corrected chi connectivity index (χ1v) is 5.22. The van der Waals surface area contributed by atoms with E-state index < -0.39 is 0 Å². The van der Waals surface area contributed by atoms with Crippen LogP contribution >= 0.6 is 0 Å². The van der Waals surface area contributed by atoms with Crippen molar-refractivity contribution in [1.82, 2.24) is 10.9 Å². The molecular formula is C12H16N2O. The van der Waals surface area contributed by atoms with Crippen molar-refractivity contribution in [3.63, 3.8) is 0 Å². The predicted octanol–water partition coefficient (Wildman–Crippen LogP) is 1.92. The fourth-order valence-corrected chi connectivity index (χ4v) is 1.53. The standard InChI is InChI=1S/C12H16N2O/c1-9(2)15-11-5-3-10(4-6-11)12-7-8-13-14-12/h3-7,9,13-14H,8H2,1-2H3. The Morgan fingerprint density at radius 3 is 2.47 bits per heavy atom. The molecule has 0 bridgehead atoms. The van der Waals surface area contributed by atoms with Crippen LogP contribution in [-0.4, -0.2) is 12.6 Å². The third kappa shape index (κ3) is 2.50. The highest BCUT2D eigenvalue weighted by molar-refractivity contribution is 5.65. The van der Waals surface area contributed by atoms with Gasteiger partial charge in [-0.2, -0.15) is 0 Å². The normalized spacial score (nSPS) is 15.0. The highest BCUT2D eigenvalue weighted by Crippen LogP contribution is 2.18. The third-order valence-corrected chi connectivity index (χ3v) is 2.17. The molecular weight excluding hydrogens is 188 g/mol. The van der Waals surface area contributed by atoms with Gasteiger partial charge >= 0.3 is 0 Å². The Bertz CT molecular complexity index is 354. The van der Waals surface area contributed by atoms with E-state index in [1.54, 1.807) is 0 Å². The van der Waals surface area contributed by atoms with Crippen molar-refractivity contribution in [3.8, 4) is 5.75 Å². The fraction of sp³-hybridized carbons (Fsp3) is 0.333. The zero-order chi connectivity index (χ0) is 10.7. The number of hydrogen-bond acceptors (Lipinski definition) is 3. The molecule has 1 heterocycles. The molecule has 3 nitrogen and oxygen atoms in total. The lowest BCUT2D eigenvalue weighted by Gasteiger charge is -2.10. The summed E-state index contributed by atoms with van der Waals surface area (Å²) in [5.74, 6) is 0.917. The van der Waals surface area contributed by atoms with Gasteiger partial charge in [0.2, 0.25) is 0 Å². The smallest absolute Gasteiger partial charge is 0.119 e. The fourth-order valence-electron chi connectivity index (χ4n) is 1.53. The van der Waals surface area contributed by atoms with Gasteiger partial charge in [-0.25, -0.2) is 5.43 Å². The Balaban J connectivity index is 2.10. The molecule has 0 unspecified atom stereocenters. The van der Waals surface area contributed by atoms with Crippen LogP contribution in [0.25, 0.3) is 5.70 Å². The van der Waals surface area contributed by atoms with Gasteiger partial charge in [-0.15, -0.1) is 0 Å². The number of ether oxygens (including phenoxy) is 1. The summed E-state index contributed by atoms with van der Waals surface area (Å²) < 4.78 is 5.58. The topological polar surface area (TPSA) is 33.3 Å². The van der Waals surface area contributed by atoms with E-state index in [0.717, 1.165) is 18.0 Å². The number of hydrogen-bond donors (Lipinski definition) is 2. The van der Waals surface area contributed by atoms with E-state index in [1.807, 2.05) is 26.0 Å². The molecule has 0 saturated carbocycles. The zero-order valence-corrected chi connectivity index (χ0v) is 9.08. The lowest BCUT2D eigenvalue weighted by Crippen LogP contribution is -2.22. The van der Waals surface area contributed by atoms with Crippen molar-refractivity contribution < 1.29 is 4.74 Å². The van der Waals surface area contributed by atoms with Gasteiger partial charge in [0.25, 0.3) is 0 Å². The van der Waals surface area contributed by atoms with Gasteiger partial charge in [-0.3, -0.25) is 0 Å². The summed E-state index contributed by atoms with van der Waals surface area (Å²) in [4.78, 5) is 0. The van der Waals surface area contributed by atoms with Crippen molar-refractivity contribution in [3.05, 3.63) is 35.9 Å². The Morgan fingerprint density at radius 2 is 1.93 bits per heavy atom. The third-order valence-electron chi connectivity index (χ3n) is 2.17. The minimum atomic E-state index is 0.223. The summed E-state index contributed by atoms with van der Waals surface area (Å²) in [6.45, 7) is 4.93. The van der Waals surface area contributed by atoms with Crippen LogP contribution in [0.4, 0.5) is 0 Å². The van der Waals surface area contributed by atoms with Gasteiger partial charge in [0.1, 0.15) is 5.75 Å². The largest absolute Gasteiger partial charge is 0.491 e. The summed E-state index contributed by atoms with van der Waals surface area (Å²) in [6, 6.07) is 8.11. The molecule has 1 aliphatic rings. The predicted molar refractivity (Wildman–Crippen MR) is 61.3 cm³/mol. The first-order valence-electron chi connectivity index (χ1n) is 5.22. The second-order valence-corrected chi connectivity index (χ2v) is 3.81. The maximum atomic E-state index is 5.58. The molecule has 0 aromatic heterocycles. The monoisotopic (exact) mass is 204 g/mol. The lowest BCUT2D eigenvalue weighted by atomic mass is 10.1. The molecule has 0 saturated heterocycles. The van der Waals surface area contributed by atoms with Crippen LogP contribution in [0.15, 0.2) is 30.3 Å². The number of nitrogens with one attached hydrogen (secondary N) is 2. The van der Waals surface area contributed by atoms with E-state index in [1.165, 1.54) is 5.56 Å². The molecule has 3 heteroatoms. The summed E-state index contributed by atoms with van der Waals surface area (Å²) in [5, 5.41) is 0. The maximum absolute atomic E-state index is 5.58. The van der Waals surface area contributed by atoms with Crippen molar-refractivity contribution in [2.75, 3.05) is 6.54 Å².